The van der Waals surface area contributed by atoms with Crippen molar-refractivity contribution >= 4 is 29.3 Å². The van der Waals surface area contributed by atoms with Crippen LogP contribution in [0, 0.1) is 13.8 Å². The van der Waals surface area contributed by atoms with Crippen LogP contribution in [0.4, 0.5) is 10.5 Å². The van der Waals surface area contributed by atoms with Crippen molar-refractivity contribution in [3.8, 4) is 0 Å². The molecular weight excluding hydrogens is 240 g/mol. The Morgan fingerprint density at radius 2 is 2.06 bits per heavy atom. The van der Waals surface area contributed by atoms with Crippen LogP contribution in [0.5, 0.6) is 0 Å². The Morgan fingerprint density at radius 3 is 2.59 bits per heavy atom. The summed E-state index contributed by atoms with van der Waals surface area (Å²) in [6.45, 7) is 3.80. The first kappa shape index (κ1) is 13.3. The van der Waals surface area contributed by atoms with Gasteiger partial charge in [-0.3, -0.25) is 10.3 Å². The van der Waals surface area contributed by atoms with Gasteiger partial charge in [-0.25, -0.2) is 4.79 Å². The molecule has 0 unspecified atom stereocenters. The molecule has 0 aliphatic rings. The van der Waals surface area contributed by atoms with Crippen LogP contribution in [0.15, 0.2) is 17.1 Å². The van der Waals surface area contributed by atoms with E-state index in [1.807, 2.05) is 19.9 Å². The van der Waals surface area contributed by atoms with Gasteiger partial charge in [0.05, 0.1) is 10.7 Å². The Morgan fingerprint density at radius 1 is 1.41 bits per heavy atom. The lowest BCUT2D eigenvalue weighted by Crippen LogP contribution is -2.39. The summed E-state index contributed by atoms with van der Waals surface area (Å²) in [5.41, 5.74) is 7.86. The highest BCUT2D eigenvalue weighted by molar-refractivity contribution is 6.34. The fourth-order valence-corrected chi connectivity index (χ4v) is 1.76. The SMILES string of the molecule is CN=C(N)NC(=O)Nc1c(C)cc(C)cc1Cl. The number of benzene rings is 1. The van der Waals surface area contributed by atoms with Gasteiger partial charge in [-0.05, 0) is 31.0 Å². The van der Waals surface area contributed by atoms with Crippen molar-refractivity contribution in [3.63, 3.8) is 0 Å². The highest BCUT2D eigenvalue weighted by Crippen LogP contribution is 2.27. The Balaban J connectivity index is 2.85. The number of aliphatic imine (C=N–C) groups is 1. The lowest BCUT2D eigenvalue weighted by molar-refractivity contribution is 0.256. The standard InChI is InChI=1S/C11H15ClN4O/c1-6-4-7(2)9(8(12)5-6)15-11(17)16-10(13)14-3/h4-5H,1-3H3,(H4,13,14,15,16,17). The first-order valence-electron chi connectivity index (χ1n) is 5.01. The van der Waals surface area contributed by atoms with E-state index in [0.29, 0.717) is 10.7 Å². The monoisotopic (exact) mass is 254 g/mol. The number of nitrogens with one attached hydrogen (secondary N) is 2. The van der Waals surface area contributed by atoms with E-state index in [1.54, 1.807) is 6.07 Å². The van der Waals surface area contributed by atoms with Gasteiger partial charge in [-0.1, -0.05) is 17.7 Å². The van der Waals surface area contributed by atoms with E-state index >= 15 is 0 Å². The predicted octanol–water partition coefficient (Wildman–Crippen LogP) is 2.02. The van der Waals surface area contributed by atoms with E-state index in [2.05, 4.69) is 15.6 Å². The van der Waals surface area contributed by atoms with Gasteiger partial charge in [-0.2, -0.15) is 0 Å². The van der Waals surface area contributed by atoms with Gasteiger partial charge in [-0.15, -0.1) is 0 Å². The van der Waals surface area contributed by atoms with Crippen LogP contribution in [-0.2, 0) is 0 Å². The van der Waals surface area contributed by atoms with Crippen LogP contribution in [0.1, 0.15) is 11.1 Å². The molecule has 0 atom stereocenters. The number of halogens is 1. The third kappa shape index (κ3) is 3.64. The van der Waals surface area contributed by atoms with E-state index in [0.717, 1.165) is 11.1 Å². The van der Waals surface area contributed by atoms with Crippen LogP contribution < -0.4 is 16.4 Å². The molecule has 1 aromatic rings. The maximum Gasteiger partial charge on any atom is 0.326 e. The van der Waals surface area contributed by atoms with Gasteiger partial charge >= 0.3 is 6.03 Å². The number of nitrogens with two attached hydrogens (primary N) is 1. The summed E-state index contributed by atoms with van der Waals surface area (Å²) in [4.78, 5) is 15.1. The number of amides is 2. The van der Waals surface area contributed by atoms with Crippen molar-refractivity contribution in [1.82, 2.24) is 5.32 Å². The number of carbonyl (C=O) groups is 1. The molecule has 6 heteroatoms. The van der Waals surface area contributed by atoms with Gasteiger partial charge in [0.2, 0.25) is 0 Å². The summed E-state index contributed by atoms with van der Waals surface area (Å²) in [5.74, 6) is 0.0448. The molecule has 5 nitrogen and oxygen atoms in total. The number of hydrogen-bond donors (Lipinski definition) is 3. The van der Waals surface area contributed by atoms with Crippen molar-refractivity contribution in [2.24, 2.45) is 10.7 Å². The average Bonchev–Trinajstić information content (AvgIpc) is 2.23. The normalized spacial score (nSPS) is 11.2. The fourth-order valence-electron chi connectivity index (χ4n) is 1.39. The molecule has 0 spiro atoms. The first-order chi connectivity index (χ1) is 7.93. The van der Waals surface area contributed by atoms with Gasteiger partial charge in [0.15, 0.2) is 5.96 Å². The van der Waals surface area contributed by atoms with Crippen LogP contribution in [0.2, 0.25) is 5.02 Å². The molecule has 0 fully saturated rings. The Labute approximate surface area is 105 Å². The number of carbonyl (C=O) groups excluding carboxylic acids is 1. The van der Waals surface area contributed by atoms with E-state index in [-0.39, 0.29) is 5.96 Å². The fraction of sp³-hybridized carbons (Fsp3) is 0.273. The van der Waals surface area contributed by atoms with E-state index in [1.165, 1.54) is 7.05 Å². The summed E-state index contributed by atoms with van der Waals surface area (Å²) >= 11 is 6.05. The molecule has 17 heavy (non-hydrogen) atoms. The van der Waals surface area contributed by atoms with Crippen molar-refractivity contribution in [2.45, 2.75) is 13.8 Å². The number of rotatable bonds is 1. The quantitative estimate of drug-likeness (QED) is 0.530. The van der Waals surface area contributed by atoms with Crippen molar-refractivity contribution in [1.29, 1.82) is 0 Å². The van der Waals surface area contributed by atoms with Gasteiger partial charge in [0.25, 0.3) is 0 Å². The average molecular weight is 255 g/mol. The summed E-state index contributed by atoms with van der Waals surface area (Å²) in [6, 6.07) is 3.24. The van der Waals surface area contributed by atoms with Crippen LogP contribution in [0.25, 0.3) is 0 Å². The zero-order valence-electron chi connectivity index (χ0n) is 9.97. The number of nitrogens with zero attached hydrogens (tertiary/aromatic N) is 1. The molecule has 0 bridgehead atoms. The third-order valence-electron chi connectivity index (χ3n) is 2.15. The van der Waals surface area contributed by atoms with Crippen molar-refractivity contribution < 1.29 is 4.79 Å². The maximum atomic E-state index is 11.5. The second-order valence-electron chi connectivity index (χ2n) is 3.63. The summed E-state index contributed by atoms with van der Waals surface area (Å²) in [7, 11) is 1.49. The minimum atomic E-state index is -0.470. The molecule has 1 rings (SSSR count). The number of guanidine groups is 1. The second-order valence-corrected chi connectivity index (χ2v) is 4.03. The smallest absolute Gasteiger partial charge is 0.326 e. The summed E-state index contributed by atoms with van der Waals surface area (Å²) in [5, 5.41) is 5.48. The van der Waals surface area contributed by atoms with E-state index < -0.39 is 6.03 Å². The minimum Gasteiger partial charge on any atom is -0.370 e. The molecule has 0 saturated carbocycles. The molecular formula is C11H15ClN4O. The predicted molar refractivity (Wildman–Crippen MR) is 70.6 cm³/mol. The zero-order chi connectivity index (χ0) is 13.0. The molecule has 0 saturated heterocycles. The molecule has 2 amide bonds. The summed E-state index contributed by atoms with van der Waals surface area (Å²) in [6.07, 6.45) is 0. The van der Waals surface area contributed by atoms with Crippen LogP contribution >= 0.6 is 11.6 Å². The Hall–Kier alpha value is -1.75. The van der Waals surface area contributed by atoms with Crippen LogP contribution in [0.3, 0.4) is 0 Å². The minimum absolute atomic E-state index is 0.0448. The van der Waals surface area contributed by atoms with Crippen LogP contribution in [-0.4, -0.2) is 19.0 Å². The molecule has 1 aromatic carbocycles. The number of urea groups is 1. The Kier molecular flexibility index (Phi) is 4.34. The molecule has 0 aliphatic carbocycles. The number of anilines is 1. The van der Waals surface area contributed by atoms with Gasteiger partial charge < -0.3 is 11.1 Å². The molecule has 0 radical (unpaired) electrons. The highest BCUT2D eigenvalue weighted by Gasteiger charge is 2.09. The lowest BCUT2D eigenvalue weighted by atomic mass is 10.1. The lowest BCUT2D eigenvalue weighted by Gasteiger charge is -2.11. The maximum absolute atomic E-state index is 11.5. The Bertz CT molecular complexity index is 448. The van der Waals surface area contributed by atoms with E-state index in [9.17, 15) is 4.79 Å². The second kappa shape index (κ2) is 5.54. The molecule has 0 heterocycles. The topological polar surface area (TPSA) is 79.5 Å². The molecule has 0 aliphatic heterocycles. The molecule has 4 N–H and O–H groups in total. The zero-order valence-corrected chi connectivity index (χ0v) is 10.7. The van der Waals surface area contributed by atoms with Gasteiger partial charge in [0.1, 0.15) is 0 Å². The van der Waals surface area contributed by atoms with Crippen molar-refractivity contribution in [3.05, 3.63) is 28.3 Å². The van der Waals surface area contributed by atoms with Crippen molar-refractivity contribution in [2.75, 3.05) is 12.4 Å². The highest BCUT2D eigenvalue weighted by atomic mass is 35.5. The summed E-state index contributed by atoms with van der Waals surface area (Å²) < 4.78 is 0. The third-order valence-corrected chi connectivity index (χ3v) is 2.45. The largest absolute Gasteiger partial charge is 0.370 e. The number of hydrogen-bond acceptors (Lipinski definition) is 2. The molecule has 0 aromatic heterocycles. The first-order valence-corrected chi connectivity index (χ1v) is 5.39. The van der Waals surface area contributed by atoms with E-state index in [4.69, 9.17) is 17.3 Å². The van der Waals surface area contributed by atoms with Gasteiger partial charge in [0, 0.05) is 7.05 Å². The molecule has 92 valence electrons. The number of aryl methyl sites for hydroxylation is 2.